The summed E-state index contributed by atoms with van der Waals surface area (Å²) in [5.74, 6) is -0.103. The standard InChI is InChI=1S/C20H20O2/c1-3-17(19(21)15-11-7-5-8-12-15)18(4-2)20(22)16-13-9-6-10-14-16/h5-14H,3-4H2,1-2H3/b18-17+. The van der Waals surface area contributed by atoms with Gasteiger partial charge >= 0.3 is 0 Å². The first kappa shape index (κ1) is 15.9. The Labute approximate surface area is 131 Å². The molecule has 0 fully saturated rings. The van der Waals surface area contributed by atoms with Crippen LogP contribution in [-0.4, -0.2) is 11.6 Å². The highest BCUT2D eigenvalue weighted by Crippen LogP contribution is 2.22. The fourth-order valence-corrected chi connectivity index (χ4v) is 2.55. The number of benzene rings is 2. The van der Waals surface area contributed by atoms with E-state index >= 15 is 0 Å². The Morgan fingerprint density at radius 1 is 0.636 bits per heavy atom. The van der Waals surface area contributed by atoms with Crippen LogP contribution in [0.4, 0.5) is 0 Å². The minimum atomic E-state index is -0.0516. The minimum Gasteiger partial charge on any atom is -0.289 e. The molecule has 0 spiro atoms. The molecule has 0 aromatic heterocycles. The van der Waals surface area contributed by atoms with Crippen LogP contribution in [0.2, 0.25) is 0 Å². The molecule has 0 aliphatic heterocycles. The quantitative estimate of drug-likeness (QED) is 0.562. The summed E-state index contributed by atoms with van der Waals surface area (Å²) < 4.78 is 0. The number of Topliss-reactive ketones (excluding diaryl/α,β-unsaturated/α-hetero) is 2. The lowest BCUT2D eigenvalue weighted by Gasteiger charge is -2.11. The average Bonchev–Trinajstić information content (AvgIpc) is 2.60. The monoisotopic (exact) mass is 292 g/mol. The fraction of sp³-hybridized carbons (Fsp3) is 0.200. The second-order valence-corrected chi connectivity index (χ2v) is 5.05. The summed E-state index contributed by atoms with van der Waals surface area (Å²) in [5.41, 5.74) is 2.49. The summed E-state index contributed by atoms with van der Waals surface area (Å²) >= 11 is 0. The maximum Gasteiger partial charge on any atom is 0.189 e. The highest BCUT2D eigenvalue weighted by Gasteiger charge is 2.20. The van der Waals surface area contributed by atoms with E-state index in [1.165, 1.54) is 0 Å². The van der Waals surface area contributed by atoms with Gasteiger partial charge in [-0.2, -0.15) is 0 Å². The van der Waals surface area contributed by atoms with Crippen molar-refractivity contribution in [3.8, 4) is 0 Å². The molecular formula is C20H20O2. The van der Waals surface area contributed by atoms with E-state index in [0.29, 0.717) is 35.1 Å². The third-order valence-corrected chi connectivity index (χ3v) is 3.69. The van der Waals surface area contributed by atoms with Crippen molar-refractivity contribution in [2.24, 2.45) is 0 Å². The third kappa shape index (κ3) is 3.40. The van der Waals surface area contributed by atoms with Gasteiger partial charge in [0.1, 0.15) is 0 Å². The molecule has 2 nitrogen and oxygen atoms in total. The van der Waals surface area contributed by atoms with Crippen molar-refractivity contribution >= 4 is 11.6 Å². The van der Waals surface area contributed by atoms with Gasteiger partial charge in [0.25, 0.3) is 0 Å². The van der Waals surface area contributed by atoms with Crippen molar-refractivity contribution in [1.82, 2.24) is 0 Å². The van der Waals surface area contributed by atoms with Crippen LogP contribution in [0.15, 0.2) is 71.8 Å². The molecule has 112 valence electrons. The van der Waals surface area contributed by atoms with E-state index in [1.54, 1.807) is 24.3 Å². The zero-order valence-corrected chi connectivity index (χ0v) is 13.0. The van der Waals surface area contributed by atoms with E-state index in [2.05, 4.69) is 0 Å². The van der Waals surface area contributed by atoms with Gasteiger partial charge in [0.05, 0.1) is 0 Å². The molecule has 0 aliphatic rings. The largest absolute Gasteiger partial charge is 0.289 e. The molecular weight excluding hydrogens is 272 g/mol. The predicted octanol–water partition coefficient (Wildman–Crippen LogP) is 4.87. The molecule has 2 rings (SSSR count). The number of hydrogen-bond acceptors (Lipinski definition) is 2. The number of allylic oxidation sites excluding steroid dienone is 2. The van der Waals surface area contributed by atoms with Gasteiger partial charge in [-0.15, -0.1) is 0 Å². The van der Waals surface area contributed by atoms with E-state index in [-0.39, 0.29) is 11.6 Å². The van der Waals surface area contributed by atoms with Gasteiger partial charge in [0, 0.05) is 22.3 Å². The molecule has 0 heterocycles. The van der Waals surface area contributed by atoms with E-state index < -0.39 is 0 Å². The van der Waals surface area contributed by atoms with Gasteiger partial charge < -0.3 is 0 Å². The Morgan fingerprint density at radius 2 is 0.955 bits per heavy atom. The summed E-state index contributed by atoms with van der Waals surface area (Å²) in [7, 11) is 0. The average molecular weight is 292 g/mol. The van der Waals surface area contributed by atoms with Crippen LogP contribution in [0, 0.1) is 0 Å². The fourth-order valence-electron chi connectivity index (χ4n) is 2.55. The van der Waals surface area contributed by atoms with Crippen molar-refractivity contribution in [3.63, 3.8) is 0 Å². The van der Waals surface area contributed by atoms with Gasteiger partial charge in [-0.25, -0.2) is 0 Å². The molecule has 0 radical (unpaired) electrons. The third-order valence-electron chi connectivity index (χ3n) is 3.69. The molecule has 0 saturated carbocycles. The Kier molecular flexibility index (Phi) is 5.42. The molecule has 0 unspecified atom stereocenters. The number of hydrogen-bond donors (Lipinski definition) is 0. The van der Waals surface area contributed by atoms with Crippen LogP contribution in [0.3, 0.4) is 0 Å². The topological polar surface area (TPSA) is 34.1 Å². The molecule has 0 amide bonds. The lowest BCUT2D eigenvalue weighted by Crippen LogP contribution is -2.12. The van der Waals surface area contributed by atoms with Gasteiger partial charge in [0.2, 0.25) is 0 Å². The first-order valence-corrected chi connectivity index (χ1v) is 7.60. The Balaban J connectivity index is 2.45. The maximum absolute atomic E-state index is 12.7. The van der Waals surface area contributed by atoms with Crippen LogP contribution in [0.5, 0.6) is 0 Å². The lowest BCUT2D eigenvalue weighted by atomic mass is 9.90. The number of carbonyl (C=O) groups is 2. The Morgan fingerprint density at radius 3 is 1.23 bits per heavy atom. The molecule has 2 aromatic carbocycles. The van der Waals surface area contributed by atoms with E-state index in [9.17, 15) is 9.59 Å². The minimum absolute atomic E-state index is 0.0516. The van der Waals surface area contributed by atoms with Gasteiger partial charge in [-0.05, 0) is 12.8 Å². The summed E-state index contributed by atoms with van der Waals surface area (Å²) in [5, 5.41) is 0. The second kappa shape index (κ2) is 7.51. The van der Waals surface area contributed by atoms with Crippen LogP contribution in [-0.2, 0) is 0 Å². The van der Waals surface area contributed by atoms with Gasteiger partial charge in [0.15, 0.2) is 11.6 Å². The second-order valence-electron chi connectivity index (χ2n) is 5.05. The SMILES string of the molecule is CC/C(C(=O)c1ccccc1)=C(/CC)C(=O)c1ccccc1. The highest BCUT2D eigenvalue weighted by molar-refractivity contribution is 6.17. The van der Waals surface area contributed by atoms with Crippen LogP contribution in [0.25, 0.3) is 0 Å². The first-order valence-electron chi connectivity index (χ1n) is 7.60. The van der Waals surface area contributed by atoms with Gasteiger partial charge in [-0.1, -0.05) is 74.5 Å². The van der Waals surface area contributed by atoms with Crippen molar-refractivity contribution < 1.29 is 9.59 Å². The normalized spacial score (nSPS) is 11.7. The molecule has 0 aliphatic carbocycles. The van der Waals surface area contributed by atoms with E-state index in [0.717, 1.165) is 0 Å². The number of carbonyl (C=O) groups excluding carboxylic acids is 2. The van der Waals surface area contributed by atoms with Crippen molar-refractivity contribution in [2.75, 3.05) is 0 Å². The van der Waals surface area contributed by atoms with E-state index in [4.69, 9.17) is 0 Å². The van der Waals surface area contributed by atoms with Crippen LogP contribution in [0.1, 0.15) is 47.4 Å². The smallest absolute Gasteiger partial charge is 0.189 e. The van der Waals surface area contributed by atoms with Crippen molar-refractivity contribution in [1.29, 1.82) is 0 Å². The zero-order chi connectivity index (χ0) is 15.9. The summed E-state index contributed by atoms with van der Waals surface area (Å²) in [6, 6.07) is 18.3. The number of rotatable bonds is 6. The Bertz CT molecular complexity index is 621. The Hall–Kier alpha value is -2.48. The summed E-state index contributed by atoms with van der Waals surface area (Å²) in [6.07, 6.45) is 1.10. The maximum atomic E-state index is 12.7. The molecule has 2 aromatic rings. The number of ketones is 2. The van der Waals surface area contributed by atoms with E-state index in [1.807, 2.05) is 50.2 Å². The van der Waals surface area contributed by atoms with Crippen molar-refractivity contribution in [2.45, 2.75) is 26.7 Å². The van der Waals surface area contributed by atoms with Crippen LogP contribution >= 0.6 is 0 Å². The molecule has 2 heteroatoms. The molecule has 0 saturated heterocycles. The molecule has 0 N–H and O–H groups in total. The van der Waals surface area contributed by atoms with Crippen LogP contribution < -0.4 is 0 Å². The van der Waals surface area contributed by atoms with Gasteiger partial charge in [-0.3, -0.25) is 9.59 Å². The highest BCUT2D eigenvalue weighted by atomic mass is 16.1. The summed E-state index contributed by atoms with van der Waals surface area (Å²) in [6.45, 7) is 3.84. The predicted molar refractivity (Wildman–Crippen MR) is 89.2 cm³/mol. The van der Waals surface area contributed by atoms with Crippen molar-refractivity contribution in [3.05, 3.63) is 82.9 Å². The molecule has 0 bridgehead atoms. The first-order chi connectivity index (χ1) is 10.7. The lowest BCUT2D eigenvalue weighted by molar-refractivity contribution is 0.0994. The zero-order valence-electron chi connectivity index (χ0n) is 13.0. The summed E-state index contributed by atoms with van der Waals surface area (Å²) in [4.78, 5) is 25.4. The molecule has 22 heavy (non-hydrogen) atoms. The molecule has 0 atom stereocenters.